The summed E-state index contributed by atoms with van der Waals surface area (Å²) in [4.78, 5) is 2.30. The molecule has 230 valence electrons. The summed E-state index contributed by atoms with van der Waals surface area (Å²) in [7, 11) is 0. The van der Waals surface area contributed by atoms with E-state index in [2.05, 4.69) is 157 Å². The van der Waals surface area contributed by atoms with Gasteiger partial charge in [-0.15, -0.1) is 0 Å². The van der Waals surface area contributed by atoms with Crippen LogP contribution < -0.4 is 4.90 Å². The summed E-state index contributed by atoms with van der Waals surface area (Å²) >= 11 is 0. The molecule has 2 heterocycles. The second-order valence-corrected chi connectivity index (χ2v) is 12.6. The van der Waals surface area contributed by atoms with E-state index in [9.17, 15) is 0 Å². The number of hydrogen-bond donors (Lipinski definition) is 0. The molecule has 2 aromatic heterocycles. The Labute approximate surface area is 282 Å². The molecule has 49 heavy (non-hydrogen) atoms. The minimum Gasteiger partial charge on any atom is -0.456 e. The lowest BCUT2D eigenvalue weighted by molar-refractivity contribution is 0.669. The van der Waals surface area contributed by atoms with Crippen LogP contribution in [0.15, 0.2) is 185 Å². The SMILES string of the molecule is c1ccc(-c2ccc(N(c3ccc(-c4ccc5cc6oc7ccccc7c6cc5c4)cc3)c3cccc4c3oc3ccccc34)cc2)cc1. The maximum atomic E-state index is 6.54. The quantitative estimate of drug-likeness (QED) is 0.190. The Balaban J connectivity index is 1.08. The van der Waals surface area contributed by atoms with Gasteiger partial charge in [-0.25, -0.2) is 0 Å². The largest absolute Gasteiger partial charge is 0.456 e. The lowest BCUT2D eigenvalue weighted by atomic mass is 9.99. The molecule has 10 rings (SSSR count). The monoisotopic (exact) mass is 627 g/mol. The highest BCUT2D eigenvalue weighted by atomic mass is 16.3. The lowest BCUT2D eigenvalue weighted by Crippen LogP contribution is -2.10. The van der Waals surface area contributed by atoms with Crippen molar-refractivity contribution in [1.29, 1.82) is 0 Å². The molecule has 0 saturated heterocycles. The topological polar surface area (TPSA) is 29.5 Å². The predicted octanol–water partition coefficient (Wildman–Crippen LogP) is 13.4. The molecule has 0 fully saturated rings. The van der Waals surface area contributed by atoms with Crippen LogP contribution in [-0.4, -0.2) is 0 Å². The van der Waals surface area contributed by atoms with E-state index in [1.54, 1.807) is 0 Å². The third-order valence-corrected chi connectivity index (χ3v) is 9.65. The Hall–Kier alpha value is -6.58. The van der Waals surface area contributed by atoms with Crippen LogP contribution in [0.25, 0.3) is 76.9 Å². The molecule has 0 atom stereocenters. The summed E-state index contributed by atoms with van der Waals surface area (Å²) in [6.45, 7) is 0. The Morgan fingerprint density at radius 1 is 0.327 bits per heavy atom. The summed E-state index contributed by atoms with van der Waals surface area (Å²) in [6.07, 6.45) is 0. The fraction of sp³-hybridized carbons (Fsp3) is 0. The molecule has 0 amide bonds. The van der Waals surface area contributed by atoms with E-state index in [1.807, 2.05) is 24.3 Å². The van der Waals surface area contributed by atoms with E-state index in [0.717, 1.165) is 71.9 Å². The van der Waals surface area contributed by atoms with Crippen molar-refractivity contribution in [2.24, 2.45) is 0 Å². The van der Waals surface area contributed by atoms with E-state index in [0.29, 0.717) is 0 Å². The van der Waals surface area contributed by atoms with Crippen molar-refractivity contribution in [3.8, 4) is 22.3 Å². The van der Waals surface area contributed by atoms with Crippen molar-refractivity contribution in [3.63, 3.8) is 0 Å². The zero-order chi connectivity index (χ0) is 32.3. The molecular weight excluding hydrogens is 599 g/mol. The minimum absolute atomic E-state index is 0.868. The molecule has 0 spiro atoms. The summed E-state index contributed by atoms with van der Waals surface area (Å²) in [5.74, 6) is 0. The molecule has 3 nitrogen and oxygen atoms in total. The molecule has 0 radical (unpaired) electrons. The van der Waals surface area contributed by atoms with Gasteiger partial charge in [-0.1, -0.05) is 115 Å². The highest BCUT2D eigenvalue weighted by Gasteiger charge is 2.19. The molecule has 0 aliphatic heterocycles. The number of rotatable bonds is 5. The van der Waals surface area contributed by atoms with Crippen LogP contribution in [0.4, 0.5) is 17.1 Å². The number of nitrogens with zero attached hydrogens (tertiary/aromatic N) is 1. The van der Waals surface area contributed by atoms with Gasteiger partial charge >= 0.3 is 0 Å². The number of fused-ring (bicyclic) bond motifs is 7. The Bertz CT molecular complexity index is 2810. The molecule has 8 aromatic carbocycles. The van der Waals surface area contributed by atoms with Gasteiger partial charge in [-0.3, -0.25) is 0 Å². The zero-order valence-electron chi connectivity index (χ0n) is 26.5. The first-order valence-corrected chi connectivity index (χ1v) is 16.6. The Morgan fingerprint density at radius 2 is 0.898 bits per heavy atom. The number of anilines is 3. The second kappa shape index (κ2) is 11.0. The average Bonchev–Trinajstić information content (AvgIpc) is 3.73. The second-order valence-electron chi connectivity index (χ2n) is 12.6. The van der Waals surface area contributed by atoms with Crippen LogP contribution in [-0.2, 0) is 0 Å². The smallest absolute Gasteiger partial charge is 0.159 e. The van der Waals surface area contributed by atoms with E-state index >= 15 is 0 Å². The third kappa shape index (κ3) is 4.59. The van der Waals surface area contributed by atoms with E-state index in [1.165, 1.54) is 22.1 Å². The fourth-order valence-electron chi connectivity index (χ4n) is 7.22. The maximum absolute atomic E-state index is 6.54. The molecule has 10 aromatic rings. The molecule has 0 aliphatic carbocycles. The highest BCUT2D eigenvalue weighted by Crippen LogP contribution is 2.43. The summed E-state index contributed by atoms with van der Waals surface area (Å²) in [6, 6.07) is 62.1. The highest BCUT2D eigenvalue weighted by molar-refractivity contribution is 6.11. The summed E-state index contributed by atoms with van der Waals surface area (Å²) in [5.41, 5.74) is 11.4. The first-order valence-electron chi connectivity index (χ1n) is 16.6. The fourth-order valence-corrected chi connectivity index (χ4v) is 7.22. The number of furan rings is 2. The predicted molar refractivity (Wildman–Crippen MR) is 204 cm³/mol. The minimum atomic E-state index is 0.868. The third-order valence-electron chi connectivity index (χ3n) is 9.65. The number of benzene rings is 8. The van der Waals surface area contributed by atoms with Crippen molar-refractivity contribution < 1.29 is 8.83 Å². The van der Waals surface area contributed by atoms with Gasteiger partial charge in [0.1, 0.15) is 16.7 Å². The van der Waals surface area contributed by atoms with Crippen LogP contribution >= 0.6 is 0 Å². The molecule has 3 heteroatoms. The first-order chi connectivity index (χ1) is 24.3. The van der Waals surface area contributed by atoms with Crippen molar-refractivity contribution in [2.45, 2.75) is 0 Å². The first kappa shape index (κ1) is 27.5. The summed E-state index contributed by atoms with van der Waals surface area (Å²) in [5, 5.41) is 6.86. The standard InChI is InChI=1S/C46H29NO2/c1-2-9-30(10-3-1)31-19-23-36(24-20-31)47(42-14-8-13-40-38-11-4-7-16-44(38)49-46(40)42)37-25-21-32(22-26-37)33-17-18-34-29-45-41(28-35(34)27-33)39-12-5-6-15-43(39)48-45/h1-29H. The Morgan fingerprint density at radius 3 is 1.63 bits per heavy atom. The maximum Gasteiger partial charge on any atom is 0.159 e. The lowest BCUT2D eigenvalue weighted by Gasteiger charge is -2.26. The van der Waals surface area contributed by atoms with Crippen LogP contribution in [0.3, 0.4) is 0 Å². The van der Waals surface area contributed by atoms with Crippen molar-refractivity contribution in [3.05, 3.63) is 176 Å². The van der Waals surface area contributed by atoms with E-state index in [-0.39, 0.29) is 0 Å². The van der Waals surface area contributed by atoms with Gasteiger partial charge in [0.15, 0.2) is 5.58 Å². The number of para-hydroxylation sites is 3. The van der Waals surface area contributed by atoms with E-state index < -0.39 is 0 Å². The summed E-state index contributed by atoms with van der Waals surface area (Å²) < 4.78 is 12.7. The van der Waals surface area contributed by atoms with Gasteiger partial charge in [0.05, 0.1) is 5.69 Å². The van der Waals surface area contributed by atoms with Crippen LogP contribution in [0.5, 0.6) is 0 Å². The number of hydrogen-bond acceptors (Lipinski definition) is 3. The van der Waals surface area contributed by atoms with Gasteiger partial charge < -0.3 is 13.7 Å². The van der Waals surface area contributed by atoms with Gasteiger partial charge in [-0.2, -0.15) is 0 Å². The van der Waals surface area contributed by atoms with E-state index in [4.69, 9.17) is 8.83 Å². The zero-order valence-corrected chi connectivity index (χ0v) is 26.5. The Kier molecular flexibility index (Phi) is 6.18. The van der Waals surface area contributed by atoms with Crippen molar-refractivity contribution in [2.75, 3.05) is 4.90 Å². The van der Waals surface area contributed by atoms with Crippen LogP contribution in [0.2, 0.25) is 0 Å². The van der Waals surface area contributed by atoms with Crippen molar-refractivity contribution in [1.82, 2.24) is 0 Å². The van der Waals surface area contributed by atoms with Gasteiger partial charge in [0, 0.05) is 32.9 Å². The molecule has 0 unspecified atom stereocenters. The van der Waals surface area contributed by atoms with Crippen molar-refractivity contribution >= 4 is 71.7 Å². The molecule has 0 saturated carbocycles. The normalized spacial score (nSPS) is 11.7. The molecule has 0 aliphatic rings. The average molecular weight is 628 g/mol. The van der Waals surface area contributed by atoms with Gasteiger partial charge in [0.2, 0.25) is 0 Å². The van der Waals surface area contributed by atoms with Crippen LogP contribution in [0, 0.1) is 0 Å². The van der Waals surface area contributed by atoms with Gasteiger partial charge in [0.25, 0.3) is 0 Å². The molecule has 0 bridgehead atoms. The molecular formula is C46H29NO2. The molecule has 0 N–H and O–H groups in total. The van der Waals surface area contributed by atoms with Crippen LogP contribution in [0.1, 0.15) is 0 Å². The van der Waals surface area contributed by atoms with Gasteiger partial charge in [-0.05, 0) is 93.7 Å².